The summed E-state index contributed by atoms with van der Waals surface area (Å²) >= 11 is 1.58. The number of carbonyl (C=O) groups excluding carboxylic acids is 1. The minimum Gasteiger partial charge on any atom is -0.340 e. The molecule has 6 nitrogen and oxygen atoms in total. The van der Waals surface area contributed by atoms with Crippen LogP contribution in [0.4, 0.5) is 4.79 Å². The quantitative estimate of drug-likeness (QED) is 0.745. The molecule has 25 heavy (non-hydrogen) atoms. The molecule has 0 saturated carbocycles. The molecule has 1 aromatic carbocycles. The van der Waals surface area contributed by atoms with Crippen molar-refractivity contribution in [2.24, 2.45) is 0 Å². The highest BCUT2D eigenvalue weighted by atomic mass is 32.1. The van der Waals surface area contributed by atoms with Crippen molar-refractivity contribution in [3.05, 3.63) is 45.2 Å². The van der Waals surface area contributed by atoms with Gasteiger partial charge in [-0.15, -0.1) is 11.3 Å². The zero-order valence-electron chi connectivity index (χ0n) is 15.2. The molecule has 0 aliphatic carbocycles. The summed E-state index contributed by atoms with van der Waals surface area (Å²) in [6.45, 7) is 8.47. The van der Waals surface area contributed by atoms with Gasteiger partial charge in [-0.1, -0.05) is 0 Å². The van der Waals surface area contributed by atoms with Crippen LogP contribution in [0.2, 0.25) is 0 Å². The third-order valence-electron chi connectivity index (χ3n) is 4.30. The number of urea groups is 1. The monoisotopic (exact) mass is 357 g/mol. The smallest absolute Gasteiger partial charge is 0.318 e. The number of nitrogens with one attached hydrogen (secondary N) is 2. The number of hydrogen-bond donors (Lipinski definition) is 2. The van der Waals surface area contributed by atoms with Crippen LogP contribution in [0.25, 0.3) is 11.0 Å². The molecule has 0 aliphatic heterocycles. The predicted molar refractivity (Wildman–Crippen MR) is 101 cm³/mol. The first kappa shape index (κ1) is 17.4. The van der Waals surface area contributed by atoms with Gasteiger partial charge in [-0.25, -0.2) is 14.8 Å². The molecule has 2 amide bonds. The number of benzene rings is 1. The number of fused-ring (bicyclic) bond motifs is 1. The standard InChI is InChI=1S/C18H23N5OS/c1-10-6-14-15(7-11(10)2)22-17(21-14)8-23(5)18(24)19-12(3)16-9-25-13(4)20-16/h6-7,9,12H,8H2,1-5H3,(H,19,24)(H,21,22)/t12-/m1/s1. The highest BCUT2D eigenvalue weighted by Crippen LogP contribution is 2.18. The van der Waals surface area contributed by atoms with Crippen molar-refractivity contribution < 1.29 is 4.79 Å². The van der Waals surface area contributed by atoms with E-state index >= 15 is 0 Å². The van der Waals surface area contributed by atoms with Gasteiger partial charge in [0.2, 0.25) is 0 Å². The van der Waals surface area contributed by atoms with E-state index in [1.807, 2.05) is 19.2 Å². The predicted octanol–water partition coefficient (Wildman–Crippen LogP) is 3.85. The fourth-order valence-electron chi connectivity index (χ4n) is 2.64. The maximum Gasteiger partial charge on any atom is 0.318 e. The van der Waals surface area contributed by atoms with Crippen LogP contribution in [-0.4, -0.2) is 32.9 Å². The molecule has 0 radical (unpaired) electrons. The number of nitrogens with zero attached hydrogens (tertiary/aromatic N) is 3. The van der Waals surface area contributed by atoms with E-state index in [2.05, 4.69) is 46.2 Å². The third kappa shape index (κ3) is 3.82. The zero-order valence-corrected chi connectivity index (χ0v) is 16.0. The Bertz CT molecular complexity index is 874. The maximum absolute atomic E-state index is 12.4. The van der Waals surface area contributed by atoms with E-state index in [4.69, 9.17) is 0 Å². The second-order valence-electron chi connectivity index (χ2n) is 6.46. The number of aromatic nitrogens is 3. The Kier molecular flexibility index (Phi) is 4.76. The molecule has 0 spiro atoms. The lowest BCUT2D eigenvalue weighted by atomic mass is 10.1. The molecule has 0 aliphatic rings. The number of imidazole rings is 1. The Hall–Kier alpha value is -2.41. The van der Waals surface area contributed by atoms with E-state index in [0.29, 0.717) is 6.54 Å². The lowest BCUT2D eigenvalue weighted by Gasteiger charge is -2.19. The molecule has 3 rings (SSSR count). The first-order valence-electron chi connectivity index (χ1n) is 8.23. The van der Waals surface area contributed by atoms with E-state index in [9.17, 15) is 4.79 Å². The van der Waals surface area contributed by atoms with Crippen molar-refractivity contribution in [1.29, 1.82) is 0 Å². The number of carbonyl (C=O) groups is 1. The molecule has 2 aromatic heterocycles. The number of aromatic amines is 1. The number of aryl methyl sites for hydroxylation is 3. The molecule has 132 valence electrons. The number of H-pyrrole nitrogens is 1. The van der Waals surface area contributed by atoms with Crippen molar-refractivity contribution in [2.75, 3.05) is 7.05 Å². The van der Waals surface area contributed by atoms with Crippen LogP contribution < -0.4 is 5.32 Å². The summed E-state index contributed by atoms with van der Waals surface area (Å²) in [4.78, 5) is 26.3. The number of thiazole rings is 1. The zero-order chi connectivity index (χ0) is 18.1. The van der Waals surface area contributed by atoms with Gasteiger partial charge in [-0.3, -0.25) is 0 Å². The first-order chi connectivity index (χ1) is 11.8. The summed E-state index contributed by atoms with van der Waals surface area (Å²) in [6.07, 6.45) is 0. The highest BCUT2D eigenvalue weighted by molar-refractivity contribution is 7.09. The van der Waals surface area contributed by atoms with E-state index in [-0.39, 0.29) is 12.1 Å². The van der Waals surface area contributed by atoms with Crippen LogP contribution in [0.15, 0.2) is 17.5 Å². The van der Waals surface area contributed by atoms with Crippen LogP contribution in [0, 0.1) is 20.8 Å². The minimum absolute atomic E-state index is 0.124. The van der Waals surface area contributed by atoms with Crippen LogP contribution >= 0.6 is 11.3 Å². The molecule has 3 aromatic rings. The fraction of sp³-hybridized carbons (Fsp3) is 0.389. The second kappa shape index (κ2) is 6.84. The van der Waals surface area contributed by atoms with Crippen LogP contribution in [-0.2, 0) is 6.54 Å². The van der Waals surface area contributed by atoms with Crippen LogP contribution in [0.5, 0.6) is 0 Å². The molecule has 7 heteroatoms. The summed E-state index contributed by atoms with van der Waals surface area (Å²) in [5.41, 5.74) is 5.25. The van der Waals surface area contributed by atoms with Gasteiger partial charge < -0.3 is 15.2 Å². The third-order valence-corrected chi connectivity index (χ3v) is 5.09. The van der Waals surface area contributed by atoms with Crippen LogP contribution in [0.3, 0.4) is 0 Å². The van der Waals surface area contributed by atoms with Gasteiger partial charge in [0.05, 0.1) is 34.3 Å². The lowest BCUT2D eigenvalue weighted by Crippen LogP contribution is -2.38. The van der Waals surface area contributed by atoms with E-state index in [1.54, 1.807) is 23.3 Å². The Labute approximate surface area is 151 Å². The molecular formula is C18H23N5OS. The van der Waals surface area contributed by atoms with Crippen molar-refractivity contribution in [3.63, 3.8) is 0 Å². The lowest BCUT2D eigenvalue weighted by molar-refractivity contribution is 0.202. The average Bonchev–Trinajstić information content (AvgIpc) is 3.13. The van der Waals surface area contributed by atoms with Gasteiger partial charge in [0.25, 0.3) is 0 Å². The second-order valence-corrected chi connectivity index (χ2v) is 7.52. The average molecular weight is 357 g/mol. The van der Waals surface area contributed by atoms with Crippen molar-refractivity contribution in [2.45, 2.75) is 40.3 Å². The van der Waals surface area contributed by atoms with Gasteiger partial charge in [0.1, 0.15) is 5.82 Å². The van der Waals surface area contributed by atoms with E-state index in [1.165, 1.54) is 11.1 Å². The normalized spacial score (nSPS) is 12.4. The van der Waals surface area contributed by atoms with Crippen LogP contribution in [0.1, 0.15) is 40.6 Å². The van der Waals surface area contributed by atoms with E-state index in [0.717, 1.165) is 27.6 Å². The van der Waals surface area contributed by atoms with Gasteiger partial charge in [0.15, 0.2) is 0 Å². The number of hydrogen-bond acceptors (Lipinski definition) is 4. The summed E-state index contributed by atoms with van der Waals surface area (Å²) in [7, 11) is 1.76. The van der Waals surface area contributed by atoms with Crippen molar-refractivity contribution in [1.82, 2.24) is 25.2 Å². The number of amides is 2. The SMILES string of the molecule is Cc1nc([C@@H](C)NC(=O)N(C)Cc2nc3cc(C)c(C)cc3[nH]2)cs1. The fourth-order valence-corrected chi connectivity index (χ4v) is 3.35. The first-order valence-corrected chi connectivity index (χ1v) is 9.11. The molecule has 2 heterocycles. The topological polar surface area (TPSA) is 73.9 Å². The summed E-state index contributed by atoms with van der Waals surface area (Å²) in [6, 6.07) is 3.89. The van der Waals surface area contributed by atoms with Crippen molar-refractivity contribution in [3.8, 4) is 0 Å². The number of rotatable bonds is 4. The Balaban J connectivity index is 1.66. The molecule has 0 saturated heterocycles. The highest BCUT2D eigenvalue weighted by Gasteiger charge is 2.16. The van der Waals surface area contributed by atoms with Gasteiger partial charge in [-0.2, -0.15) is 0 Å². The molecule has 0 fully saturated rings. The van der Waals surface area contributed by atoms with E-state index < -0.39 is 0 Å². The molecule has 0 bridgehead atoms. The van der Waals surface area contributed by atoms with Gasteiger partial charge in [-0.05, 0) is 51.0 Å². The Morgan fingerprint density at radius 1 is 1.28 bits per heavy atom. The van der Waals surface area contributed by atoms with Gasteiger partial charge >= 0.3 is 6.03 Å². The maximum atomic E-state index is 12.4. The summed E-state index contributed by atoms with van der Waals surface area (Å²) in [5, 5.41) is 5.94. The summed E-state index contributed by atoms with van der Waals surface area (Å²) < 4.78 is 0. The molecule has 2 N–H and O–H groups in total. The molecular weight excluding hydrogens is 334 g/mol. The Morgan fingerprint density at radius 3 is 2.68 bits per heavy atom. The largest absolute Gasteiger partial charge is 0.340 e. The van der Waals surface area contributed by atoms with Gasteiger partial charge in [0, 0.05) is 12.4 Å². The summed E-state index contributed by atoms with van der Waals surface area (Å²) in [5.74, 6) is 0.773. The minimum atomic E-state index is -0.147. The Morgan fingerprint density at radius 2 is 2.00 bits per heavy atom. The molecule has 0 unspecified atom stereocenters. The molecule has 1 atom stereocenters. The van der Waals surface area contributed by atoms with Crippen molar-refractivity contribution >= 4 is 28.4 Å².